The molecule has 2 aromatic rings. The van der Waals surface area contributed by atoms with Crippen LogP contribution in [0.3, 0.4) is 0 Å². The zero-order chi connectivity index (χ0) is 23.0. The van der Waals surface area contributed by atoms with Gasteiger partial charge in [-0.1, -0.05) is 0 Å². The second kappa shape index (κ2) is 8.60. The number of aryl methyl sites for hydroxylation is 1. The van der Waals surface area contributed by atoms with Crippen LogP contribution >= 0.6 is 0 Å². The summed E-state index contributed by atoms with van der Waals surface area (Å²) < 4.78 is 56.9. The Morgan fingerprint density at radius 3 is 2.42 bits per heavy atom. The maximum absolute atomic E-state index is 13.3. The van der Waals surface area contributed by atoms with Crippen molar-refractivity contribution in [3.63, 3.8) is 0 Å². The third kappa shape index (κ3) is 4.91. The first kappa shape index (κ1) is 23.2. The van der Waals surface area contributed by atoms with Crippen molar-refractivity contribution >= 4 is 31.5 Å². The van der Waals surface area contributed by atoms with E-state index in [0.29, 0.717) is 25.1 Å². The Kier molecular flexibility index (Phi) is 6.45. The Labute approximate surface area is 183 Å². The van der Waals surface area contributed by atoms with Crippen LogP contribution in [-0.2, 0) is 26.3 Å². The number of amides is 1. The van der Waals surface area contributed by atoms with Gasteiger partial charge in [0, 0.05) is 30.1 Å². The van der Waals surface area contributed by atoms with Crippen molar-refractivity contribution in [1.82, 2.24) is 4.72 Å². The van der Waals surface area contributed by atoms with E-state index in [1.165, 1.54) is 31.4 Å². The van der Waals surface area contributed by atoms with Crippen LogP contribution in [0, 0.1) is 0 Å². The molecule has 1 heterocycles. The van der Waals surface area contributed by atoms with E-state index in [9.17, 15) is 21.6 Å². The SMILES string of the molecule is COc1ccc(C(=O)N2CCCc3cc(S(C)(=O)=O)ccc32)cc1S(=O)(=O)NC(C)C. The molecule has 1 aliphatic heterocycles. The average molecular weight is 467 g/mol. The summed E-state index contributed by atoms with van der Waals surface area (Å²) in [6, 6.07) is 8.67. The van der Waals surface area contributed by atoms with Crippen LogP contribution in [0.25, 0.3) is 0 Å². The minimum absolute atomic E-state index is 0.112. The maximum Gasteiger partial charge on any atom is 0.258 e. The molecule has 1 aliphatic rings. The number of fused-ring (bicyclic) bond motifs is 1. The van der Waals surface area contributed by atoms with Gasteiger partial charge in [0.2, 0.25) is 10.0 Å². The van der Waals surface area contributed by atoms with E-state index in [2.05, 4.69) is 4.72 Å². The molecule has 0 spiro atoms. The van der Waals surface area contributed by atoms with Crippen molar-refractivity contribution in [2.75, 3.05) is 24.8 Å². The van der Waals surface area contributed by atoms with E-state index in [-0.39, 0.29) is 33.1 Å². The third-order valence-corrected chi connectivity index (χ3v) is 7.72. The summed E-state index contributed by atoms with van der Waals surface area (Å²) in [6.45, 7) is 3.85. The largest absolute Gasteiger partial charge is 0.495 e. The summed E-state index contributed by atoms with van der Waals surface area (Å²) >= 11 is 0. The van der Waals surface area contributed by atoms with E-state index in [1.54, 1.807) is 30.9 Å². The lowest BCUT2D eigenvalue weighted by atomic mass is 10.0. The predicted molar refractivity (Wildman–Crippen MR) is 118 cm³/mol. The molecule has 0 aliphatic carbocycles. The molecule has 0 fully saturated rings. The summed E-state index contributed by atoms with van der Waals surface area (Å²) in [5.41, 5.74) is 1.60. The van der Waals surface area contributed by atoms with Crippen LogP contribution < -0.4 is 14.4 Å². The van der Waals surface area contributed by atoms with Gasteiger partial charge in [0.25, 0.3) is 5.91 Å². The first-order valence-electron chi connectivity index (χ1n) is 9.79. The molecule has 0 saturated carbocycles. The van der Waals surface area contributed by atoms with Crippen LogP contribution in [0.1, 0.15) is 36.2 Å². The standard InChI is InChI=1S/C21H26N2O6S2/c1-14(2)22-31(27,28)20-13-16(7-10-19(20)29-3)21(24)23-11-5-6-15-12-17(30(4,25)26)8-9-18(15)23/h7-10,12-14,22H,5-6,11H2,1-4H3. The van der Waals surface area contributed by atoms with Crippen molar-refractivity contribution in [3.8, 4) is 5.75 Å². The smallest absolute Gasteiger partial charge is 0.258 e. The quantitative estimate of drug-likeness (QED) is 0.700. The zero-order valence-electron chi connectivity index (χ0n) is 17.9. The Balaban J connectivity index is 2.02. The molecule has 0 saturated heterocycles. The van der Waals surface area contributed by atoms with Crippen molar-refractivity contribution in [2.24, 2.45) is 0 Å². The molecule has 0 bridgehead atoms. The summed E-state index contributed by atoms with van der Waals surface area (Å²) in [5.74, 6) is -0.224. The molecule has 0 unspecified atom stereocenters. The predicted octanol–water partition coefficient (Wildman–Crippen LogP) is 2.38. The monoisotopic (exact) mass is 466 g/mol. The number of rotatable bonds is 6. The van der Waals surface area contributed by atoms with Crippen LogP contribution in [0.2, 0.25) is 0 Å². The zero-order valence-corrected chi connectivity index (χ0v) is 19.5. The van der Waals surface area contributed by atoms with Gasteiger partial charge in [0.1, 0.15) is 10.6 Å². The molecule has 10 heteroatoms. The minimum Gasteiger partial charge on any atom is -0.495 e. The van der Waals surface area contributed by atoms with Gasteiger partial charge in [-0.15, -0.1) is 0 Å². The lowest BCUT2D eigenvalue weighted by Gasteiger charge is -2.30. The Hall–Kier alpha value is -2.43. The van der Waals surface area contributed by atoms with Crippen LogP contribution in [0.15, 0.2) is 46.2 Å². The number of nitrogens with one attached hydrogen (secondary N) is 1. The number of hydrogen-bond acceptors (Lipinski definition) is 6. The number of ether oxygens (including phenoxy) is 1. The van der Waals surface area contributed by atoms with E-state index in [4.69, 9.17) is 4.74 Å². The van der Waals surface area contributed by atoms with Gasteiger partial charge < -0.3 is 9.64 Å². The van der Waals surface area contributed by atoms with E-state index >= 15 is 0 Å². The maximum atomic E-state index is 13.3. The number of benzene rings is 2. The first-order chi connectivity index (χ1) is 14.4. The molecule has 1 amide bonds. The summed E-state index contributed by atoms with van der Waals surface area (Å²) in [6.07, 6.45) is 2.47. The molecule has 168 valence electrons. The Morgan fingerprint density at radius 1 is 1.10 bits per heavy atom. The van der Waals surface area contributed by atoms with Crippen molar-refractivity contribution in [2.45, 2.75) is 42.5 Å². The Bertz CT molecular complexity index is 1220. The first-order valence-corrected chi connectivity index (χ1v) is 13.2. The number of carbonyl (C=O) groups is 1. The number of sulfonamides is 1. The highest BCUT2D eigenvalue weighted by Crippen LogP contribution is 2.32. The summed E-state index contributed by atoms with van der Waals surface area (Å²) in [7, 11) is -5.87. The van der Waals surface area contributed by atoms with Gasteiger partial charge in [-0.2, -0.15) is 0 Å². The van der Waals surface area contributed by atoms with Gasteiger partial charge >= 0.3 is 0 Å². The van der Waals surface area contributed by atoms with Gasteiger partial charge in [-0.3, -0.25) is 4.79 Å². The number of carbonyl (C=O) groups excluding carboxylic acids is 1. The normalized spacial score (nSPS) is 14.4. The molecule has 1 N–H and O–H groups in total. The van der Waals surface area contributed by atoms with Gasteiger partial charge in [-0.05, 0) is 68.7 Å². The van der Waals surface area contributed by atoms with Crippen molar-refractivity contribution in [1.29, 1.82) is 0 Å². The second-order valence-corrected chi connectivity index (χ2v) is 11.5. The number of hydrogen-bond donors (Lipinski definition) is 1. The van der Waals surface area contributed by atoms with Crippen molar-refractivity contribution < 1.29 is 26.4 Å². The highest BCUT2D eigenvalue weighted by Gasteiger charge is 2.27. The van der Waals surface area contributed by atoms with Gasteiger partial charge in [0.05, 0.1) is 12.0 Å². The lowest BCUT2D eigenvalue weighted by Crippen LogP contribution is -2.36. The van der Waals surface area contributed by atoms with Crippen LogP contribution in [0.5, 0.6) is 5.75 Å². The fraction of sp³-hybridized carbons (Fsp3) is 0.381. The molecule has 0 aromatic heterocycles. The number of sulfone groups is 1. The molecule has 31 heavy (non-hydrogen) atoms. The molecule has 3 rings (SSSR count). The fourth-order valence-corrected chi connectivity index (χ4v) is 5.68. The summed E-state index contributed by atoms with van der Waals surface area (Å²) in [4.78, 5) is 14.9. The van der Waals surface area contributed by atoms with Crippen LogP contribution in [0.4, 0.5) is 5.69 Å². The minimum atomic E-state index is -3.88. The van der Waals surface area contributed by atoms with E-state index in [0.717, 1.165) is 11.8 Å². The lowest BCUT2D eigenvalue weighted by molar-refractivity contribution is 0.0985. The number of nitrogens with zero attached hydrogens (tertiary/aromatic N) is 1. The van der Waals surface area contributed by atoms with Crippen molar-refractivity contribution in [3.05, 3.63) is 47.5 Å². The average Bonchev–Trinajstić information content (AvgIpc) is 2.70. The molecular formula is C21H26N2O6S2. The molecule has 8 nitrogen and oxygen atoms in total. The second-order valence-electron chi connectivity index (χ2n) is 7.76. The van der Waals surface area contributed by atoms with E-state index in [1.807, 2.05) is 0 Å². The van der Waals surface area contributed by atoms with Gasteiger partial charge in [0.15, 0.2) is 9.84 Å². The molecule has 0 radical (unpaired) electrons. The highest BCUT2D eigenvalue weighted by molar-refractivity contribution is 7.90. The fourth-order valence-electron chi connectivity index (χ4n) is 3.56. The molecule has 0 atom stereocenters. The Morgan fingerprint density at radius 2 is 1.81 bits per heavy atom. The third-order valence-electron chi connectivity index (χ3n) is 4.93. The highest BCUT2D eigenvalue weighted by atomic mass is 32.2. The topological polar surface area (TPSA) is 110 Å². The van der Waals surface area contributed by atoms with E-state index < -0.39 is 19.9 Å². The molecular weight excluding hydrogens is 440 g/mol. The van der Waals surface area contributed by atoms with Gasteiger partial charge in [-0.25, -0.2) is 21.6 Å². The molecule has 2 aromatic carbocycles. The number of anilines is 1. The summed E-state index contributed by atoms with van der Waals surface area (Å²) in [5, 5.41) is 0. The number of methoxy groups -OCH3 is 1. The van der Waals surface area contributed by atoms with Crippen LogP contribution in [-0.4, -0.2) is 48.7 Å².